The van der Waals surface area contributed by atoms with E-state index in [-0.39, 0.29) is 12.1 Å². The molecule has 0 fully saturated rings. The van der Waals surface area contributed by atoms with Crippen LogP contribution in [0.4, 0.5) is 0 Å². The molecule has 2 aromatic carbocycles. The van der Waals surface area contributed by atoms with Gasteiger partial charge < -0.3 is 15.2 Å². The molecule has 0 aliphatic carbocycles. The van der Waals surface area contributed by atoms with Gasteiger partial charge in [0.25, 0.3) is 0 Å². The molecule has 0 amide bonds. The molecule has 0 saturated carbocycles. The highest BCUT2D eigenvalue weighted by atomic mass is 16.5. The number of methoxy groups -OCH3 is 1. The highest BCUT2D eigenvalue weighted by Gasteiger charge is 2.21. The van der Waals surface area contributed by atoms with Crippen molar-refractivity contribution >= 4 is 0 Å². The first-order chi connectivity index (χ1) is 9.83. The molecule has 0 heterocycles. The summed E-state index contributed by atoms with van der Waals surface area (Å²) in [5.41, 5.74) is 8.54. The number of ether oxygens (including phenoxy) is 2. The Morgan fingerprint density at radius 3 is 1.95 bits per heavy atom. The third kappa shape index (κ3) is 3.90. The normalized spacial score (nSPS) is 13.9. The molecule has 106 valence electrons. The third-order valence-electron chi connectivity index (χ3n) is 3.22. The van der Waals surface area contributed by atoms with Crippen LogP contribution < -0.4 is 5.73 Å². The summed E-state index contributed by atoms with van der Waals surface area (Å²) in [5, 5.41) is 0. The summed E-state index contributed by atoms with van der Waals surface area (Å²) in [5.74, 6) is 0. The summed E-state index contributed by atoms with van der Waals surface area (Å²) in [6.45, 7) is 1.08. The van der Waals surface area contributed by atoms with Crippen molar-refractivity contribution in [3.63, 3.8) is 0 Å². The Balaban J connectivity index is 2.17. The lowest BCUT2D eigenvalue weighted by atomic mass is 9.96. The average Bonchev–Trinajstić information content (AvgIpc) is 2.53. The van der Waals surface area contributed by atoms with Gasteiger partial charge >= 0.3 is 0 Å². The van der Waals surface area contributed by atoms with Crippen LogP contribution in [0, 0.1) is 0 Å². The van der Waals surface area contributed by atoms with E-state index >= 15 is 0 Å². The van der Waals surface area contributed by atoms with Gasteiger partial charge in [-0.25, -0.2) is 0 Å². The van der Waals surface area contributed by atoms with Crippen molar-refractivity contribution in [2.75, 3.05) is 20.3 Å². The van der Waals surface area contributed by atoms with Crippen LogP contribution >= 0.6 is 0 Å². The minimum atomic E-state index is -0.199. The minimum absolute atomic E-state index is 0.172. The quantitative estimate of drug-likeness (QED) is 0.787. The van der Waals surface area contributed by atoms with Crippen molar-refractivity contribution in [2.45, 2.75) is 12.1 Å². The number of nitrogens with two attached hydrogens (primary N) is 1. The van der Waals surface area contributed by atoms with Crippen molar-refractivity contribution in [2.24, 2.45) is 5.73 Å². The summed E-state index contributed by atoms with van der Waals surface area (Å²) in [7, 11) is 1.66. The van der Waals surface area contributed by atoms with Crippen molar-refractivity contribution in [1.29, 1.82) is 0 Å². The average molecular weight is 271 g/mol. The molecule has 0 spiro atoms. The molecule has 0 saturated heterocycles. The van der Waals surface area contributed by atoms with E-state index in [0.717, 1.165) is 11.1 Å². The number of hydrogen-bond donors (Lipinski definition) is 1. The van der Waals surface area contributed by atoms with E-state index in [4.69, 9.17) is 15.2 Å². The number of benzene rings is 2. The summed E-state index contributed by atoms with van der Waals surface area (Å²) < 4.78 is 11.0. The molecule has 2 unspecified atom stereocenters. The van der Waals surface area contributed by atoms with Gasteiger partial charge in [-0.1, -0.05) is 60.7 Å². The van der Waals surface area contributed by atoms with Gasteiger partial charge in [0.05, 0.1) is 19.3 Å². The molecular formula is C17H21NO2. The Hall–Kier alpha value is -1.68. The van der Waals surface area contributed by atoms with Crippen LogP contribution in [0.1, 0.15) is 23.3 Å². The fraction of sp³-hybridized carbons (Fsp3) is 0.294. The molecule has 0 aliphatic heterocycles. The van der Waals surface area contributed by atoms with Crippen LogP contribution in [-0.2, 0) is 9.47 Å². The second-order valence-corrected chi connectivity index (χ2v) is 4.63. The van der Waals surface area contributed by atoms with Gasteiger partial charge in [-0.15, -0.1) is 0 Å². The molecule has 2 aromatic rings. The van der Waals surface area contributed by atoms with Gasteiger partial charge in [-0.3, -0.25) is 0 Å². The van der Waals surface area contributed by atoms with Crippen LogP contribution in [0.3, 0.4) is 0 Å². The first-order valence-electron chi connectivity index (χ1n) is 6.79. The number of rotatable bonds is 7. The summed E-state index contributed by atoms with van der Waals surface area (Å²) in [6, 6.07) is 19.9. The molecule has 0 aromatic heterocycles. The maximum Gasteiger partial charge on any atom is 0.102 e. The number of hydrogen-bond acceptors (Lipinski definition) is 3. The first kappa shape index (κ1) is 14.7. The summed E-state index contributed by atoms with van der Waals surface area (Å²) in [4.78, 5) is 0. The van der Waals surface area contributed by atoms with E-state index in [9.17, 15) is 0 Å². The van der Waals surface area contributed by atoms with Gasteiger partial charge in [-0.05, 0) is 11.1 Å². The topological polar surface area (TPSA) is 44.5 Å². The van der Waals surface area contributed by atoms with E-state index < -0.39 is 0 Å². The molecule has 0 aliphatic rings. The van der Waals surface area contributed by atoms with E-state index in [1.807, 2.05) is 60.7 Å². The predicted octanol–water partition coefficient (Wildman–Crippen LogP) is 3.09. The molecule has 2 N–H and O–H groups in total. The Morgan fingerprint density at radius 2 is 1.40 bits per heavy atom. The van der Waals surface area contributed by atoms with E-state index in [2.05, 4.69) is 0 Å². The smallest absolute Gasteiger partial charge is 0.102 e. The van der Waals surface area contributed by atoms with Crippen molar-refractivity contribution < 1.29 is 9.47 Å². The second kappa shape index (κ2) is 7.80. The Kier molecular flexibility index (Phi) is 5.74. The second-order valence-electron chi connectivity index (χ2n) is 4.63. The Morgan fingerprint density at radius 1 is 0.850 bits per heavy atom. The highest BCUT2D eigenvalue weighted by Crippen LogP contribution is 2.29. The van der Waals surface area contributed by atoms with Gasteiger partial charge in [0.2, 0.25) is 0 Å². The van der Waals surface area contributed by atoms with Crippen molar-refractivity contribution in [3.8, 4) is 0 Å². The molecule has 3 nitrogen and oxygen atoms in total. The minimum Gasteiger partial charge on any atom is -0.382 e. The lowest BCUT2D eigenvalue weighted by Crippen LogP contribution is -2.23. The van der Waals surface area contributed by atoms with E-state index in [0.29, 0.717) is 13.2 Å². The molecule has 2 rings (SSSR count). The predicted molar refractivity (Wildman–Crippen MR) is 80.4 cm³/mol. The lowest BCUT2D eigenvalue weighted by Gasteiger charge is -2.25. The molecule has 3 heteroatoms. The lowest BCUT2D eigenvalue weighted by molar-refractivity contribution is 0.00283. The van der Waals surface area contributed by atoms with Crippen LogP contribution in [0.15, 0.2) is 60.7 Å². The molecule has 2 atom stereocenters. The third-order valence-corrected chi connectivity index (χ3v) is 3.22. The Bertz CT molecular complexity index is 487. The van der Waals surface area contributed by atoms with Gasteiger partial charge in [0.1, 0.15) is 6.10 Å². The van der Waals surface area contributed by atoms with Crippen LogP contribution in [0.2, 0.25) is 0 Å². The van der Waals surface area contributed by atoms with Gasteiger partial charge in [0, 0.05) is 7.11 Å². The fourth-order valence-corrected chi connectivity index (χ4v) is 2.16. The van der Waals surface area contributed by atoms with Crippen LogP contribution in [-0.4, -0.2) is 20.3 Å². The Labute approximate surface area is 120 Å². The molecule has 20 heavy (non-hydrogen) atoms. The highest BCUT2D eigenvalue weighted by molar-refractivity contribution is 5.26. The van der Waals surface area contributed by atoms with E-state index in [1.54, 1.807) is 7.11 Å². The first-order valence-corrected chi connectivity index (χ1v) is 6.79. The standard InChI is InChI=1S/C17H21NO2/c1-19-12-13-20-17(15-10-6-3-7-11-15)16(18)14-8-4-2-5-9-14/h2-11,16-17H,12-13,18H2,1H3. The van der Waals surface area contributed by atoms with Crippen molar-refractivity contribution in [1.82, 2.24) is 0 Å². The SMILES string of the molecule is COCCOC(c1ccccc1)C(N)c1ccccc1. The molecule has 0 bridgehead atoms. The maximum absolute atomic E-state index is 6.39. The zero-order valence-electron chi connectivity index (χ0n) is 11.7. The largest absolute Gasteiger partial charge is 0.382 e. The van der Waals surface area contributed by atoms with Gasteiger partial charge in [0.15, 0.2) is 0 Å². The maximum atomic E-state index is 6.39. The summed E-state index contributed by atoms with van der Waals surface area (Å²) in [6.07, 6.45) is -0.172. The fourth-order valence-electron chi connectivity index (χ4n) is 2.16. The zero-order chi connectivity index (χ0) is 14.2. The van der Waals surface area contributed by atoms with Crippen LogP contribution in [0.25, 0.3) is 0 Å². The zero-order valence-corrected chi connectivity index (χ0v) is 11.7. The van der Waals surface area contributed by atoms with E-state index in [1.165, 1.54) is 0 Å². The van der Waals surface area contributed by atoms with Crippen molar-refractivity contribution in [3.05, 3.63) is 71.8 Å². The van der Waals surface area contributed by atoms with Gasteiger partial charge in [-0.2, -0.15) is 0 Å². The molecular weight excluding hydrogens is 250 g/mol. The monoisotopic (exact) mass is 271 g/mol. The van der Waals surface area contributed by atoms with Crippen LogP contribution in [0.5, 0.6) is 0 Å². The molecule has 0 radical (unpaired) electrons. The summed E-state index contributed by atoms with van der Waals surface area (Å²) >= 11 is 0.